The molecule has 5 heteroatoms. The van der Waals surface area contributed by atoms with Crippen molar-refractivity contribution in [2.45, 2.75) is 39.3 Å². The number of anilines is 1. The van der Waals surface area contributed by atoms with E-state index < -0.39 is 11.6 Å². The van der Waals surface area contributed by atoms with Crippen LogP contribution in [0.5, 0.6) is 0 Å². The Morgan fingerprint density at radius 1 is 1.33 bits per heavy atom. The van der Waals surface area contributed by atoms with Crippen molar-refractivity contribution in [2.24, 2.45) is 0 Å². The quantitative estimate of drug-likeness (QED) is 0.850. The van der Waals surface area contributed by atoms with Gasteiger partial charge >= 0.3 is 5.97 Å². The molecule has 100 valence electrons. The predicted molar refractivity (Wildman–Crippen MR) is 75.4 cm³/mol. The highest BCUT2D eigenvalue weighted by molar-refractivity contribution is 6.35. The summed E-state index contributed by atoms with van der Waals surface area (Å²) < 4.78 is 5.26. The first kappa shape index (κ1) is 15.1. The zero-order valence-corrected chi connectivity index (χ0v) is 12.4. The fourth-order valence-electron chi connectivity index (χ4n) is 1.29. The lowest BCUT2D eigenvalue weighted by molar-refractivity contribution is -0.155. The van der Waals surface area contributed by atoms with Gasteiger partial charge in [0.2, 0.25) is 0 Å². The van der Waals surface area contributed by atoms with Crippen molar-refractivity contribution in [1.82, 2.24) is 0 Å². The Kier molecular flexibility index (Phi) is 4.88. The number of esters is 1. The van der Waals surface area contributed by atoms with E-state index in [0.717, 1.165) is 0 Å². The zero-order chi connectivity index (χ0) is 13.9. The second-order valence-corrected chi connectivity index (χ2v) is 5.87. The van der Waals surface area contributed by atoms with Crippen LogP contribution < -0.4 is 5.32 Å². The molecular formula is C13H17Cl2NO2. The molecule has 0 aliphatic carbocycles. The molecule has 1 unspecified atom stereocenters. The molecule has 1 aromatic rings. The SMILES string of the molecule is CC(Nc1cc(Cl)ccc1Cl)C(=O)OC(C)(C)C. The summed E-state index contributed by atoms with van der Waals surface area (Å²) in [5.41, 5.74) is 0.105. The van der Waals surface area contributed by atoms with Gasteiger partial charge in [0.05, 0.1) is 10.7 Å². The highest BCUT2D eigenvalue weighted by Crippen LogP contribution is 2.26. The van der Waals surface area contributed by atoms with Gasteiger partial charge < -0.3 is 10.1 Å². The Morgan fingerprint density at radius 3 is 2.50 bits per heavy atom. The van der Waals surface area contributed by atoms with E-state index in [-0.39, 0.29) is 5.97 Å². The lowest BCUT2D eigenvalue weighted by atomic mass is 10.2. The molecule has 1 aromatic carbocycles. The monoisotopic (exact) mass is 289 g/mol. The minimum Gasteiger partial charge on any atom is -0.458 e. The van der Waals surface area contributed by atoms with Crippen LogP contribution in [-0.2, 0) is 9.53 Å². The van der Waals surface area contributed by atoms with Gasteiger partial charge in [-0.1, -0.05) is 23.2 Å². The van der Waals surface area contributed by atoms with Crippen molar-refractivity contribution in [3.63, 3.8) is 0 Å². The van der Waals surface area contributed by atoms with Crippen molar-refractivity contribution in [1.29, 1.82) is 0 Å². The summed E-state index contributed by atoms with van der Waals surface area (Å²) in [4.78, 5) is 11.8. The van der Waals surface area contributed by atoms with Crippen LogP contribution in [0.15, 0.2) is 18.2 Å². The molecule has 0 aliphatic heterocycles. The molecule has 0 aliphatic rings. The molecular weight excluding hydrogens is 273 g/mol. The highest BCUT2D eigenvalue weighted by Gasteiger charge is 2.22. The number of hydrogen-bond donors (Lipinski definition) is 1. The van der Waals surface area contributed by atoms with E-state index >= 15 is 0 Å². The molecule has 0 saturated heterocycles. The Morgan fingerprint density at radius 2 is 1.94 bits per heavy atom. The van der Waals surface area contributed by atoms with Gasteiger partial charge in [-0.2, -0.15) is 0 Å². The van der Waals surface area contributed by atoms with Gasteiger partial charge in [-0.15, -0.1) is 0 Å². The number of rotatable bonds is 3. The fourth-order valence-corrected chi connectivity index (χ4v) is 1.63. The summed E-state index contributed by atoms with van der Waals surface area (Å²) >= 11 is 11.9. The maximum absolute atomic E-state index is 11.8. The summed E-state index contributed by atoms with van der Waals surface area (Å²) in [7, 11) is 0. The molecule has 0 radical (unpaired) electrons. The summed E-state index contributed by atoms with van der Waals surface area (Å²) in [6.45, 7) is 7.18. The normalized spacial score (nSPS) is 13.0. The standard InChI is InChI=1S/C13H17Cl2NO2/c1-8(12(17)18-13(2,3)4)16-11-7-9(14)5-6-10(11)15/h5-8,16H,1-4H3. The molecule has 3 nitrogen and oxygen atoms in total. The number of carbonyl (C=O) groups is 1. The Bertz CT molecular complexity index is 441. The molecule has 18 heavy (non-hydrogen) atoms. The van der Waals surface area contributed by atoms with Crippen molar-refractivity contribution in [3.8, 4) is 0 Å². The average Bonchev–Trinajstić information content (AvgIpc) is 2.21. The molecule has 0 spiro atoms. The van der Waals surface area contributed by atoms with Crippen LogP contribution >= 0.6 is 23.2 Å². The van der Waals surface area contributed by atoms with E-state index in [1.165, 1.54) is 0 Å². The molecule has 0 fully saturated rings. The van der Waals surface area contributed by atoms with Gasteiger partial charge in [0, 0.05) is 5.02 Å². The van der Waals surface area contributed by atoms with Crippen molar-refractivity contribution in [2.75, 3.05) is 5.32 Å². The molecule has 1 N–H and O–H groups in total. The Balaban J connectivity index is 2.72. The molecule has 0 bridgehead atoms. The maximum atomic E-state index is 11.8. The number of halogens is 2. The molecule has 0 amide bonds. The predicted octanol–water partition coefficient (Wildman–Crippen LogP) is 4.14. The van der Waals surface area contributed by atoms with Gasteiger partial charge in [0.1, 0.15) is 11.6 Å². The van der Waals surface area contributed by atoms with Crippen molar-refractivity contribution < 1.29 is 9.53 Å². The van der Waals surface area contributed by atoms with Gasteiger partial charge in [0.25, 0.3) is 0 Å². The van der Waals surface area contributed by atoms with Crippen molar-refractivity contribution in [3.05, 3.63) is 28.2 Å². The van der Waals surface area contributed by atoms with Gasteiger partial charge in [-0.25, -0.2) is 4.79 Å². The Labute approximate surface area is 117 Å². The maximum Gasteiger partial charge on any atom is 0.328 e. The van der Waals surface area contributed by atoms with Crippen LogP contribution in [0.4, 0.5) is 5.69 Å². The third-order valence-corrected chi connectivity index (χ3v) is 2.63. The summed E-state index contributed by atoms with van der Waals surface area (Å²) in [6.07, 6.45) is 0. The Hall–Kier alpha value is -0.930. The second-order valence-electron chi connectivity index (χ2n) is 5.02. The fraction of sp³-hybridized carbons (Fsp3) is 0.462. The number of nitrogens with one attached hydrogen (secondary N) is 1. The van der Waals surface area contributed by atoms with Crippen molar-refractivity contribution >= 4 is 34.9 Å². The van der Waals surface area contributed by atoms with E-state index in [1.807, 2.05) is 20.8 Å². The summed E-state index contributed by atoms with van der Waals surface area (Å²) in [6, 6.07) is 4.53. The topological polar surface area (TPSA) is 38.3 Å². The van der Waals surface area contributed by atoms with Crippen LogP contribution in [0, 0.1) is 0 Å². The van der Waals surface area contributed by atoms with E-state index in [9.17, 15) is 4.79 Å². The van der Waals surface area contributed by atoms with E-state index in [1.54, 1.807) is 25.1 Å². The van der Waals surface area contributed by atoms with Gasteiger partial charge in [-0.05, 0) is 45.9 Å². The van der Waals surface area contributed by atoms with Gasteiger partial charge in [0.15, 0.2) is 0 Å². The minimum absolute atomic E-state index is 0.335. The second kappa shape index (κ2) is 5.81. The van der Waals surface area contributed by atoms with E-state index in [0.29, 0.717) is 15.7 Å². The zero-order valence-electron chi connectivity index (χ0n) is 10.9. The van der Waals surface area contributed by atoms with Crippen LogP contribution in [-0.4, -0.2) is 17.6 Å². The third-order valence-electron chi connectivity index (χ3n) is 2.06. The highest BCUT2D eigenvalue weighted by atomic mass is 35.5. The van der Waals surface area contributed by atoms with Crippen LogP contribution in [0.1, 0.15) is 27.7 Å². The van der Waals surface area contributed by atoms with Crippen LogP contribution in [0.2, 0.25) is 10.0 Å². The molecule has 0 heterocycles. The minimum atomic E-state index is -0.509. The molecule has 1 atom stereocenters. The first-order chi connectivity index (χ1) is 8.19. The average molecular weight is 290 g/mol. The number of hydrogen-bond acceptors (Lipinski definition) is 3. The summed E-state index contributed by atoms with van der Waals surface area (Å²) in [5.74, 6) is -0.335. The largest absolute Gasteiger partial charge is 0.458 e. The van der Waals surface area contributed by atoms with Gasteiger partial charge in [-0.3, -0.25) is 0 Å². The number of ether oxygens (including phenoxy) is 1. The van der Waals surface area contributed by atoms with E-state index in [2.05, 4.69) is 5.32 Å². The molecule has 0 aromatic heterocycles. The van der Waals surface area contributed by atoms with E-state index in [4.69, 9.17) is 27.9 Å². The number of carbonyl (C=O) groups excluding carboxylic acids is 1. The first-order valence-electron chi connectivity index (χ1n) is 5.63. The summed E-state index contributed by atoms with van der Waals surface area (Å²) in [5, 5.41) is 4.05. The lowest BCUT2D eigenvalue weighted by Gasteiger charge is -2.23. The third kappa shape index (κ3) is 4.75. The number of benzene rings is 1. The lowest BCUT2D eigenvalue weighted by Crippen LogP contribution is -2.34. The molecule has 0 saturated carbocycles. The van der Waals surface area contributed by atoms with Crippen LogP contribution in [0.3, 0.4) is 0 Å². The van der Waals surface area contributed by atoms with Crippen LogP contribution in [0.25, 0.3) is 0 Å². The first-order valence-corrected chi connectivity index (χ1v) is 6.39. The smallest absolute Gasteiger partial charge is 0.328 e. The molecule has 1 rings (SSSR count).